The molecule has 0 unspecified atom stereocenters. The molecular formula is C22H19N5O4. The third-order valence-corrected chi connectivity index (χ3v) is 5.16. The van der Waals surface area contributed by atoms with Gasteiger partial charge < -0.3 is 19.4 Å². The lowest BCUT2D eigenvalue weighted by molar-refractivity contribution is -0.120. The quantitative estimate of drug-likeness (QED) is 0.546. The van der Waals surface area contributed by atoms with E-state index in [2.05, 4.69) is 15.4 Å². The van der Waals surface area contributed by atoms with E-state index in [9.17, 15) is 9.59 Å². The zero-order valence-electron chi connectivity index (χ0n) is 16.7. The summed E-state index contributed by atoms with van der Waals surface area (Å²) in [5.41, 5.74) is 2.31. The molecule has 3 heterocycles. The van der Waals surface area contributed by atoms with E-state index in [1.165, 1.54) is 11.2 Å². The summed E-state index contributed by atoms with van der Waals surface area (Å²) in [4.78, 5) is 31.2. The van der Waals surface area contributed by atoms with Crippen molar-refractivity contribution in [1.29, 1.82) is 0 Å². The predicted molar refractivity (Wildman–Crippen MR) is 112 cm³/mol. The number of ether oxygens (including phenoxy) is 1. The Hall–Kier alpha value is -4.14. The lowest BCUT2D eigenvalue weighted by Gasteiger charge is -2.20. The minimum Gasteiger partial charge on any atom is -0.489 e. The van der Waals surface area contributed by atoms with Crippen LogP contribution >= 0.6 is 0 Å². The molecule has 0 radical (unpaired) electrons. The maximum atomic E-state index is 13.0. The number of carbonyl (C=O) groups excluding carboxylic acids is 2. The Kier molecular flexibility index (Phi) is 4.62. The summed E-state index contributed by atoms with van der Waals surface area (Å²) >= 11 is 0. The summed E-state index contributed by atoms with van der Waals surface area (Å²) in [7, 11) is 1.65. The van der Waals surface area contributed by atoms with E-state index in [4.69, 9.17) is 9.15 Å². The van der Waals surface area contributed by atoms with E-state index in [1.54, 1.807) is 24.1 Å². The smallest absolute Gasteiger partial charge is 0.291 e. The van der Waals surface area contributed by atoms with Gasteiger partial charge in [-0.25, -0.2) is 9.67 Å². The minimum atomic E-state index is -0.878. The molecule has 9 heteroatoms. The van der Waals surface area contributed by atoms with E-state index in [0.29, 0.717) is 23.6 Å². The van der Waals surface area contributed by atoms with Gasteiger partial charge in [0.1, 0.15) is 30.3 Å². The van der Waals surface area contributed by atoms with Gasteiger partial charge in [-0.05, 0) is 17.7 Å². The van der Waals surface area contributed by atoms with Crippen LogP contribution in [0.2, 0.25) is 0 Å². The number of carbonyl (C=O) groups is 2. The molecule has 0 saturated heterocycles. The van der Waals surface area contributed by atoms with Gasteiger partial charge in [-0.2, -0.15) is 0 Å². The van der Waals surface area contributed by atoms with Crippen LogP contribution in [0.1, 0.15) is 16.2 Å². The van der Waals surface area contributed by atoms with Crippen LogP contribution < -0.4 is 15.0 Å². The number of rotatable bonds is 4. The van der Waals surface area contributed by atoms with Crippen molar-refractivity contribution < 1.29 is 18.7 Å². The molecule has 31 heavy (non-hydrogen) atoms. The standard InChI is InChI=1S/C22H19N5O4/c1-26-17-9-15-7-8-30-18(15)10-19(17)31-12-16(22(26)29)24-21(28)20-23-13-27(25-20)11-14-5-3-2-4-6-14/h2-10,13,16H,11-12H2,1H3,(H,24,28)/t16-/m0/s1. The van der Waals surface area contributed by atoms with E-state index >= 15 is 0 Å². The highest BCUT2D eigenvalue weighted by molar-refractivity contribution is 6.03. The first-order valence-electron chi connectivity index (χ1n) is 9.74. The molecular weight excluding hydrogens is 398 g/mol. The van der Waals surface area contributed by atoms with Crippen LogP contribution in [0.3, 0.4) is 0 Å². The summed E-state index contributed by atoms with van der Waals surface area (Å²) in [5, 5.41) is 7.77. The number of benzene rings is 2. The molecule has 9 nitrogen and oxygen atoms in total. The first kappa shape index (κ1) is 18.9. The summed E-state index contributed by atoms with van der Waals surface area (Å²) in [5.74, 6) is -0.327. The Bertz CT molecular complexity index is 1260. The number of hydrogen-bond acceptors (Lipinski definition) is 6. The van der Waals surface area contributed by atoms with Crippen molar-refractivity contribution in [2.75, 3.05) is 18.6 Å². The van der Waals surface area contributed by atoms with Crippen LogP contribution in [0.4, 0.5) is 5.69 Å². The minimum absolute atomic E-state index is 0.00865. The van der Waals surface area contributed by atoms with E-state index < -0.39 is 11.9 Å². The Morgan fingerprint density at radius 3 is 2.90 bits per heavy atom. The maximum absolute atomic E-state index is 13.0. The largest absolute Gasteiger partial charge is 0.489 e. The molecule has 5 rings (SSSR count). The van der Waals surface area contributed by atoms with Crippen molar-refractivity contribution in [1.82, 2.24) is 20.1 Å². The zero-order valence-corrected chi connectivity index (χ0v) is 16.7. The van der Waals surface area contributed by atoms with Crippen molar-refractivity contribution in [2.24, 2.45) is 0 Å². The van der Waals surface area contributed by atoms with Gasteiger partial charge in [-0.15, -0.1) is 5.10 Å². The summed E-state index contributed by atoms with van der Waals surface area (Å²) < 4.78 is 12.8. The van der Waals surface area contributed by atoms with Crippen LogP contribution in [0, 0.1) is 0 Å². The fourth-order valence-electron chi connectivity index (χ4n) is 3.52. The second-order valence-electron chi connectivity index (χ2n) is 7.26. The van der Waals surface area contributed by atoms with E-state index in [1.807, 2.05) is 42.5 Å². The third-order valence-electron chi connectivity index (χ3n) is 5.16. The molecule has 156 valence electrons. The molecule has 0 bridgehead atoms. The summed E-state index contributed by atoms with van der Waals surface area (Å²) in [6, 6.07) is 14.2. The Morgan fingerprint density at radius 2 is 2.06 bits per heavy atom. The van der Waals surface area contributed by atoms with Crippen molar-refractivity contribution in [3.8, 4) is 5.75 Å². The molecule has 2 aromatic carbocycles. The number of aromatic nitrogens is 3. The van der Waals surface area contributed by atoms with Gasteiger partial charge in [-0.3, -0.25) is 9.59 Å². The molecule has 0 saturated carbocycles. The molecule has 0 fully saturated rings. The lowest BCUT2D eigenvalue weighted by Crippen LogP contribution is -2.49. The lowest BCUT2D eigenvalue weighted by atomic mass is 10.2. The van der Waals surface area contributed by atoms with Crippen LogP contribution in [0.25, 0.3) is 11.0 Å². The first-order chi connectivity index (χ1) is 15.1. The van der Waals surface area contributed by atoms with E-state index in [-0.39, 0.29) is 18.3 Å². The highest BCUT2D eigenvalue weighted by Crippen LogP contribution is 2.35. The third kappa shape index (κ3) is 3.61. The van der Waals surface area contributed by atoms with Crippen molar-refractivity contribution in [2.45, 2.75) is 12.6 Å². The van der Waals surface area contributed by atoms with Crippen LogP contribution in [-0.4, -0.2) is 46.3 Å². The number of fused-ring (bicyclic) bond motifs is 2. The number of hydrogen-bond donors (Lipinski definition) is 1. The predicted octanol–water partition coefficient (Wildman–Crippen LogP) is 2.23. The molecule has 1 atom stereocenters. The molecule has 1 aliphatic rings. The Labute approximate surface area is 177 Å². The average Bonchev–Trinajstić information content (AvgIpc) is 3.42. The van der Waals surface area contributed by atoms with Crippen LogP contribution in [0.15, 0.2) is 65.5 Å². The second kappa shape index (κ2) is 7.60. The number of amides is 2. The average molecular weight is 417 g/mol. The first-order valence-corrected chi connectivity index (χ1v) is 9.74. The normalized spacial score (nSPS) is 16.0. The van der Waals surface area contributed by atoms with Gasteiger partial charge in [-0.1, -0.05) is 30.3 Å². The number of nitrogens with zero attached hydrogens (tertiary/aromatic N) is 4. The topological polar surface area (TPSA) is 102 Å². The van der Waals surface area contributed by atoms with Gasteiger partial charge in [0, 0.05) is 18.5 Å². The van der Waals surface area contributed by atoms with E-state index in [0.717, 1.165) is 10.9 Å². The molecule has 2 amide bonds. The fraction of sp³-hybridized carbons (Fsp3) is 0.182. The molecule has 1 aliphatic heterocycles. The van der Waals surface area contributed by atoms with Gasteiger partial charge >= 0.3 is 0 Å². The highest BCUT2D eigenvalue weighted by Gasteiger charge is 2.32. The monoisotopic (exact) mass is 417 g/mol. The Balaban J connectivity index is 1.31. The molecule has 4 aromatic rings. The number of nitrogens with one attached hydrogen (secondary N) is 1. The molecule has 0 spiro atoms. The Morgan fingerprint density at radius 1 is 1.23 bits per heavy atom. The van der Waals surface area contributed by atoms with Crippen molar-refractivity contribution in [3.05, 3.63) is 72.5 Å². The maximum Gasteiger partial charge on any atom is 0.291 e. The second-order valence-corrected chi connectivity index (χ2v) is 7.26. The summed E-state index contributed by atoms with van der Waals surface area (Å²) in [6.07, 6.45) is 3.07. The number of likely N-dealkylation sites (N-methyl/N-ethyl adjacent to an activating group) is 1. The highest BCUT2D eigenvalue weighted by atomic mass is 16.5. The number of furan rings is 1. The zero-order chi connectivity index (χ0) is 21.4. The van der Waals surface area contributed by atoms with Crippen molar-refractivity contribution >= 4 is 28.5 Å². The van der Waals surface area contributed by atoms with Gasteiger partial charge in [0.2, 0.25) is 5.82 Å². The molecule has 2 aromatic heterocycles. The van der Waals surface area contributed by atoms with Crippen molar-refractivity contribution in [3.63, 3.8) is 0 Å². The number of anilines is 1. The van der Waals surface area contributed by atoms with Crippen LogP contribution in [0.5, 0.6) is 5.75 Å². The fourth-order valence-corrected chi connectivity index (χ4v) is 3.52. The summed E-state index contributed by atoms with van der Waals surface area (Å²) in [6.45, 7) is 0.477. The van der Waals surface area contributed by atoms with Gasteiger partial charge in [0.15, 0.2) is 0 Å². The van der Waals surface area contributed by atoms with Crippen LogP contribution in [-0.2, 0) is 11.3 Å². The molecule has 1 N–H and O–H groups in total. The SMILES string of the molecule is CN1C(=O)[C@@H](NC(=O)c2ncn(Cc3ccccc3)n2)COc2cc3occc3cc21. The van der Waals surface area contributed by atoms with Gasteiger partial charge in [0.05, 0.1) is 18.5 Å². The molecule has 0 aliphatic carbocycles. The van der Waals surface area contributed by atoms with Gasteiger partial charge in [0.25, 0.3) is 11.8 Å².